The van der Waals surface area contributed by atoms with E-state index in [0.717, 1.165) is 11.3 Å². The molecule has 0 aliphatic heterocycles. The van der Waals surface area contributed by atoms with Gasteiger partial charge in [-0.1, -0.05) is 23.7 Å². The number of nitrogens with one attached hydrogen (secondary N) is 1. The highest BCUT2D eigenvalue weighted by Gasteiger charge is 2.13. The fraction of sp³-hybridized carbons (Fsp3) is 0.250. The van der Waals surface area contributed by atoms with Gasteiger partial charge in [-0.25, -0.2) is 0 Å². The molecule has 1 unspecified atom stereocenters. The third kappa shape index (κ3) is 3.80. The van der Waals surface area contributed by atoms with Crippen LogP contribution < -0.4 is 14.8 Å². The minimum atomic E-state index is -0.261. The molecule has 0 radical (unpaired) electrons. The molecule has 0 spiro atoms. The molecule has 2 aromatic carbocycles. The maximum Gasteiger partial charge on any atom is 0.161 e. The zero-order chi connectivity index (χ0) is 15.2. The van der Waals surface area contributed by atoms with Gasteiger partial charge in [0, 0.05) is 10.7 Å². The van der Waals surface area contributed by atoms with E-state index in [9.17, 15) is 5.11 Å². The van der Waals surface area contributed by atoms with E-state index >= 15 is 0 Å². The summed E-state index contributed by atoms with van der Waals surface area (Å²) in [5, 5.41) is 13.5. The summed E-state index contributed by atoms with van der Waals surface area (Å²) >= 11 is 5.97. The van der Waals surface area contributed by atoms with Crippen molar-refractivity contribution in [2.75, 3.05) is 26.1 Å². The zero-order valence-corrected chi connectivity index (χ0v) is 12.7. The molecule has 112 valence electrons. The number of hydrogen-bond acceptors (Lipinski definition) is 4. The van der Waals surface area contributed by atoms with Crippen LogP contribution in [0.3, 0.4) is 0 Å². The summed E-state index contributed by atoms with van der Waals surface area (Å²) in [6.07, 6.45) is 0. The van der Waals surface area contributed by atoms with Crippen LogP contribution in [0.4, 0.5) is 5.69 Å². The van der Waals surface area contributed by atoms with Crippen molar-refractivity contribution in [2.24, 2.45) is 0 Å². The number of rotatable bonds is 6. The van der Waals surface area contributed by atoms with Crippen molar-refractivity contribution in [3.05, 3.63) is 53.1 Å². The first kappa shape index (κ1) is 15.5. The molecule has 2 N–H and O–H groups in total. The minimum absolute atomic E-state index is 0.0536. The van der Waals surface area contributed by atoms with Gasteiger partial charge in [-0.3, -0.25) is 0 Å². The van der Waals surface area contributed by atoms with Gasteiger partial charge in [0.25, 0.3) is 0 Å². The lowest BCUT2D eigenvalue weighted by molar-refractivity contribution is 0.275. The van der Waals surface area contributed by atoms with E-state index in [2.05, 4.69) is 5.32 Å². The van der Waals surface area contributed by atoms with Crippen LogP contribution >= 0.6 is 11.6 Å². The largest absolute Gasteiger partial charge is 0.493 e. The fourth-order valence-electron chi connectivity index (χ4n) is 2.08. The molecule has 0 saturated heterocycles. The molecule has 2 aromatic rings. The van der Waals surface area contributed by atoms with Crippen LogP contribution in [0.5, 0.6) is 11.5 Å². The van der Waals surface area contributed by atoms with Gasteiger partial charge in [-0.05, 0) is 35.9 Å². The Balaban J connectivity index is 2.25. The Kier molecular flexibility index (Phi) is 5.31. The Labute approximate surface area is 129 Å². The highest BCUT2D eigenvalue weighted by Crippen LogP contribution is 2.31. The maximum absolute atomic E-state index is 9.63. The summed E-state index contributed by atoms with van der Waals surface area (Å²) in [5.74, 6) is 1.28. The molecule has 21 heavy (non-hydrogen) atoms. The molecule has 1 atom stereocenters. The highest BCUT2D eigenvalue weighted by molar-refractivity contribution is 6.30. The summed E-state index contributed by atoms with van der Waals surface area (Å²) in [5.41, 5.74) is 1.74. The fourth-order valence-corrected chi connectivity index (χ4v) is 2.27. The van der Waals surface area contributed by atoms with Crippen LogP contribution in [0, 0.1) is 0 Å². The Bertz CT molecular complexity index is 604. The van der Waals surface area contributed by atoms with E-state index in [-0.39, 0.29) is 12.6 Å². The lowest BCUT2D eigenvalue weighted by atomic mass is 10.1. The van der Waals surface area contributed by atoms with E-state index < -0.39 is 0 Å². The summed E-state index contributed by atoms with van der Waals surface area (Å²) in [4.78, 5) is 0. The van der Waals surface area contributed by atoms with Gasteiger partial charge < -0.3 is 19.9 Å². The summed E-state index contributed by atoms with van der Waals surface area (Å²) in [7, 11) is 3.17. The molecule has 0 aliphatic rings. The molecule has 5 heteroatoms. The number of ether oxygens (including phenoxy) is 2. The number of hydrogen-bond donors (Lipinski definition) is 2. The van der Waals surface area contributed by atoms with Crippen LogP contribution in [0.15, 0.2) is 42.5 Å². The molecule has 0 heterocycles. The van der Waals surface area contributed by atoms with Crippen molar-refractivity contribution in [1.29, 1.82) is 0 Å². The van der Waals surface area contributed by atoms with Gasteiger partial charge >= 0.3 is 0 Å². The van der Waals surface area contributed by atoms with Gasteiger partial charge in [-0.15, -0.1) is 0 Å². The Hall–Kier alpha value is -1.91. The van der Waals surface area contributed by atoms with Crippen LogP contribution in [0.1, 0.15) is 11.6 Å². The first-order valence-corrected chi connectivity index (χ1v) is 6.90. The van der Waals surface area contributed by atoms with Gasteiger partial charge in [0.15, 0.2) is 11.5 Å². The standard InChI is InChI=1S/C16H18ClNO3/c1-20-15-7-6-11(8-16(15)21-2)14(10-19)18-13-5-3-4-12(17)9-13/h3-9,14,18-19H,10H2,1-2H3. The average Bonchev–Trinajstić information content (AvgIpc) is 2.52. The second kappa shape index (κ2) is 7.20. The maximum atomic E-state index is 9.63. The molecule has 0 aromatic heterocycles. The highest BCUT2D eigenvalue weighted by atomic mass is 35.5. The van der Waals surface area contributed by atoms with Crippen molar-refractivity contribution >= 4 is 17.3 Å². The predicted molar refractivity (Wildman–Crippen MR) is 84.4 cm³/mol. The Morgan fingerprint density at radius 1 is 1.10 bits per heavy atom. The quantitative estimate of drug-likeness (QED) is 0.857. The molecule has 4 nitrogen and oxygen atoms in total. The molecular weight excluding hydrogens is 290 g/mol. The number of benzene rings is 2. The minimum Gasteiger partial charge on any atom is -0.493 e. The smallest absolute Gasteiger partial charge is 0.161 e. The number of aliphatic hydroxyl groups excluding tert-OH is 1. The second-order valence-corrected chi connectivity index (χ2v) is 4.94. The van der Waals surface area contributed by atoms with Crippen molar-refractivity contribution in [3.63, 3.8) is 0 Å². The number of anilines is 1. The Morgan fingerprint density at radius 2 is 1.86 bits per heavy atom. The summed E-state index contributed by atoms with van der Waals surface area (Å²) in [6, 6.07) is 12.7. The summed E-state index contributed by atoms with van der Waals surface area (Å²) < 4.78 is 10.5. The van der Waals surface area contributed by atoms with Crippen molar-refractivity contribution in [2.45, 2.75) is 6.04 Å². The van der Waals surface area contributed by atoms with Crippen LogP contribution in [0.25, 0.3) is 0 Å². The lowest BCUT2D eigenvalue weighted by Gasteiger charge is -2.19. The van der Waals surface area contributed by atoms with Crippen molar-refractivity contribution < 1.29 is 14.6 Å². The third-order valence-electron chi connectivity index (χ3n) is 3.16. The van der Waals surface area contributed by atoms with Crippen molar-refractivity contribution in [3.8, 4) is 11.5 Å². The second-order valence-electron chi connectivity index (χ2n) is 4.50. The monoisotopic (exact) mass is 307 g/mol. The van der Waals surface area contributed by atoms with E-state index in [1.807, 2.05) is 36.4 Å². The van der Waals surface area contributed by atoms with Crippen LogP contribution in [0.2, 0.25) is 5.02 Å². The predicted octanol–water partition coefficient (Wildman–Crippen LogP) is 3.50. The third-order valence-corrected chi connectivity index (χ3v) is 3.39. The molecule has 2 rings (SSSR count). The van der Waals surface area contributed by atoms with Gasteiger partial charge in [0.2, 0.25) is 0 Å². The van der Waals surface area contributed by atoms with E-state index in [1.165, 1.54) is 0 Å². The first-order chi connectivity index (χ1) is 10.2. The molecular formula is C16H18ClNO3. The number of halogens is 1. The van der Waals surface area contributed by atoms with Gasteiger partial charge in [0.05, 0.1) is 26.9 Å². The average molecular weight is 308 g/mol. The first-order valence-electron chi connectivity index (χ1n) is 6.52. The zero-order valence-electron chi connectivity index (χ0n) is 12.0. The van der Waals surface area contributed by atoms with Crippen molar-refractivity contribution in [1.82, 2.24) is 0 Å². The molecule has 0 saturated carbocycles. The molecule has 0 aliphatic carbocycles. The Morgan fingerprint density at radius 3 is 2.48 bits per heavy atom. The van der Waals surface area contributed by atoms with E-state index in [4.69, 9.17) is 21.1 Å². The van der Waals surface area contributed by atoms with Crippen LogP contribution in [-0.4, -0.2) is 25.9 Å². The van der Waals surface area contributed by atoms with Gasteiger partial charge in [-0.2, -0.15) is 0 Å². The number of methoxy groups -OCH3 is 2. The lowest BCUT2D eigenvalue weighted by Crippen LogP contribution is -2.15. The topological polar surface area (TPSA) is 50.7 Å². The SMILES string of the molecule is COc1ccc(C(CO)Nc2cccc(Cl)c2)cc1OC. The summed E-state index contributed by atoms with van der Waals surface area (Å²) in [6.45, 7) is -0.0536. The van der Waals surface area contributed by atoms with E-state index in [0.29, 0.717) is 16.5 Å². The van der Waals surface area contributed by atoms with Crippen LogP contribution in [-0.2, 0) is 0 Å². The number of aliphatic hydroxyl groups is 1. The van der Waals surface area contributed by atoms with E-state index in [1.54, 1.807) is 20.3 Å². The molecule has 0 fully saturated rings. The molecule has 0 amide bonds. The van der Waals surface area contributed by atoms with Gasteiger partial charge in [0.1, 0.15) is 0 Å². The normalized spacial score (nSPS) is 11.8. The molecule has 0 bridgehead atoms.